The van der Waals surface area contributed by atoms with Crippen LogP contribution in [-0.2, 0) is 9.57 Å². The summed E-state index contributed by atoms with van der Waals surface area (Å²) < 4.78 is 6.18. The third kappa shape index (κ3) is 5.13. The molecule has 0 amide bonds. The molecule has 0 aromatic rings. The van der Waals surface area contributed by atoms with Gasteiger partial charge in [-0.2, -0.15) is 0 Å². The van der Waals surface area contributed by atoms with Crippen LogP contribution in [-0.4, -0.2) is 91.1 Å². The summed E-state index contributed by atoms with van der Waals surface area (Å²) in [6, 6.07) is 0. The highest BCUT2D eigenvalue weighted by atomic mass is 16.6. The van der Waals surface area contributed by atoms with Crippen LogP contribution in [0, 0.1) is 34.5 Å². The van der Waals surface area contributed by atoms with E-state index in [1.54, 1.807) is 0 Å². The third-order valence-corrected chi connectivity index (χ3v) is 11.9. The lowest BCUT2D eigenvalue weighted by Gasteiger charge is -2.64. The second-order valence-electron chi connectivity index (χ2n) is 14.0. The molecule has 4 aliphatic carbocycles. The lowest BCUT2D eigenvalue weighted by atomic mass is 9.43. The molecule has 1 heterocycles. The smallest absolute Gasteiger partial charge is 0.165 e. The zero-order chi connectivity index (χ0) is 26.3. The Bertz CT molecular complexity index is 819. The lowest BCUT2D eigenvalue weighted by molar-refractivity contribution is -0.269. The van der Waals surface area contributed by atoms with Crippen LogP contribution in [0.25, 0.3) is 0 Å². The summed E-state index contributed by atoms with van der Waals surface area (Å²) in [6.45, 7) is 10.1. The summed E-state index contributed by atoms with van der Waals surface area (Å²) in [6.07, 6.45) is 13.2. The quantitative estimate of drug-likeness (QED) is 0.207. The zero-order valence-corrected chi connectivity index (χ0v) is 24.0. The number of likely N-dealkylation sites (tertiary alicyclic amines) is 1. The van der Waals surface area contributed by atoms with Crippen molar-refractivity contribution >= 4 is 6.21 Å². The maximum absolute atomic E-state index is 12.4. The average molecular weight is 520 g/mol. The Morgan fingerprint density at radius 3 is 2.49 bits per heavy atom. The van der Waals surface area contributed by atoms with Gasteiger partial charge in [-0.05, 0) is 108 Å². The summed E-state index contributed by atoms with van der Waals surface area (Å²) in [5.41, 5.74) is -0.601. The maximum Gasteiger partial charge on any atom is 0.165 e. The van der Waals surface area contributed by atoms with Gasteiger partial charge in [0, 0.05) is 43.5 Å². The molecule has 7 nitrogen and oxygen atoms in total. The van der Waals surface area contributed by atoms with E-state index in [0.29, 0.717) is 31.0 Å². The zero-order valence-electron chi connectivity index (χ0n) is 24.0. The van der Waals surface area contributed by atoms with Crippen LogP contribution >= 0.6 is 0 Å². The first kappa shape index (κ1) is 27.8. The third-order valence-electron chi connectivity index (χ3n) is 11.9. The minimum Gasteiger partial charge on any atom is -0.395 e. The Hall–Kier alpha value is -0.730. The van der Waals surface area contributed by atoms with E-state index in [-0.39, 0.29) is 16.7 Å². The summed E-state index contributed by atoms with van der Waals surface area (Å²) in [4.78, 5) is 10.1. The van der Waals surface area contributed by atoms with Crippen LogP contribution < -0.4 is 0 Å². The van der Waals surface area contributed by atoms with Gasteiger partial charge in [-0.25, -0.2) is 0 Å². The van der Waals surface area contributed by atoms with E-state index < -0.39 is 11.4 Å². The second kappa shape index (κ2) is 10.7. The fourth-order valence-electron chi connectivity index (χ4n) is 9.35. The lowest BCUT2D eigenvalue weighted by Crippen LogP contribution is -2.63. The van der Waals surface area contributed by atoms with E-state index in [1.165, 1.54) is 25.9 Å². The maximum atomic E-state index is 12.4. The van der Waals surface area contributed by atoms with Crippen LogP contribution in [0.3, 0.4) is 0 Å². The monoisotopic (exact) mass is 519 g/mol. The molecule has 4 saturated carbocycles. The van der Waals surface area contributed by atoms with Gasteiger partial charge in [0.25, 0.3) is 0 Å². The van der Waals surface area contributed by atoms with Crippen molar-refractivity contribution < 1.29 is 19.8 Å². The van der Waals surface area contributed by atoms with E-state index in [1.807, 2.05) is 20.3 Å². The second-order valence-corrected chi connectivity index (χ2v) is 14.0. The van der Waals surface area contributed by atoms with Gasteiger partial charge in [-0.15, -0.1) is 0 Å². The van der Waals surface area contributed by atoms with E-state index in [0.717, 1.165) is 70.9 Å². The number of fused-ring (bicyclic) bond motifs is 5. The molecule has 3 unspecified atom stereocenters. The van der Waals surface area contributed by atoms with Gasteiger partial charge >= 0.3 is 0 Å². The van der Waals surface area contributed by atoms with Crippen molar-refractivity contribution in [3.63, 3.8) is 0 Å². The molecular formula is C30H53N3O4. The Balaban J connectivity index is 1.21. The van der Waals surface area contributed by atoms with Gasteiger partial charge < -0.3 is 29.6 Å². The molecule has 37 heavy (non-hydrogen) atoms. The first-order valence-corrected chi connectivity index (χ1v) is 15.2. The van der Waals surface area contributed by atoms with Gasteiger partial charge in [0.15, 0.2) is 5.79 Å². The van der Waals surface area contributed by atoms with Crippen LogP contribution in [0.15, 0.2) is 5.16 Å². The number of ether oxygens (including phenoxy) is 1. The van der Waals surface area contributed by atoms with E-state index in [9.17, 15) is 10.2 Å². The first-order valence-electron chi connectivity index (χ1n) is 15.2. The highest BCUT2D eigenvalue weighted by molar-refractivity contribution is 5.63. The van der Waals surface area contributed by atoms with Crippen LogP contribution in [0.2, 0.25) is 0 Å². The Kier molecular flexibility index (Phi) is 8.03. The molecular weight excluding hydrogens is 466 g/mol. The summed E-state index contributed by atoms with van der Waals surface area (Å²) in [7, 11) is 4.07. The van der Waals surface area contributed by atoms with Gasteiger partial charge in [0.1, 0.15) is 6.61 Å². The topological polar surface area (TPSA) is 77.8 Å². The molecule has 7 heteroatoms. The molecule has 212 valence electrons. The Labute approximate surface area is 224 Å². The largest absolute Gasteiger partial charge is 0.395 e. The summed E-state index contributed by atoms with van der Waals surface area (Å²) in [5.74, 6) is 0.617. The van der Waals surface area contributed by atoms with E-state index >= 15 is 0 Å². The normalized spacial score (nSPS) is 46.2. The minimum atomic E-state index is -0.974. The van der Waals surface area contributed by atoms with Crippen molar-refractivity contribution in [3.05, 3.63) is 0 Å². The first-order chi connectivity index (χ1) is 17.6. The van der Waals surface area contributed by atoms with Crippen molar-refractivity contribution in [2.45, 2.75) is 95.9 Å². The van der Waals surface area contributed by atoms with E-state index in [4.69, 9.17) is 9.57 Å². The molecule has 0 spiro atoms. The van der Waals surface area contributed by atoms with Crippen molar-refractivity contribution in [1.82, 2.24) is 9.80 Å². The Morgan fingerprint density at radius 2 is 1.73 bits per heavy atom. The predicted molar refractivity (Wildman–Crippen MR) is 146 cm³/mol. The molecule has 0 aromatic carbocycles. The van der Waals surface area contributed by atoms with Crippen molar-refractivity contribution in [2.24, 2.45) is 39.7 Å². The predicted octanol–water partition coefficient (Wildman–Crippen LogP) is 4.13. The van der Waals surface area contributed by atoms with Crippen LogP contribution in [0.1, 0.15) is 84.5 Å². The van der Waals surface area contributed by atoms with E-state index in [2.05, 4.69) is 28.8 Å². The SMILES string of the molecule is CN(C)CCO/N=C/C1CC[C@@]2(O)[C@@H]3CCC4CC(O)(OCCN5CCCC5)CC[C@]4(C)[C@@H]3CC[C@]12C. The molecule has 1 aliphatic heterocycles. The molecule has 5 rings (SSSR count). The van der Waals surface area contributed by atoms with Gasteiger partial charge in [-0.1, -0.05) is 19.0 Å². The highest BCUT2D eigenvalue weighted by Crippen LogP contribution is 2.69. The van der Waals surface area contributed by atoms with Crippen molar-refractivity contribution in [3.8, 4) is 0 Å². The molecule has 1 saturated heterocycles. The van der Waals surface area contributed by atoms with Crippen molar-refractivity contribution in [2.75, 3.05) is 53.5 Å². The molecule has 5 fully saturated rings. The molecule has 2 N–H and O–H groups in total. The van der Waals surface area contributed by atoms with Gasteiger partial charge in [0.2, 0.25) is 0 Å². The summed E-state index contributed by atoms with van der Waals surface area (Å²) >= 11 is 0. The number of nitrogens with zero attached hydrogens (tertiary/aromatic N) is 3. The molecule has 5 aliphatic rings. The molecule has 8 atom stereocenters. The molecule has 0 radical (unpaired) electrons. The van der Waals surface area contributed by atoms with Crippen molar-refractivity contribution in [1.29, 1.82) is 0 Å². The number of aliphatic hydroxyl groups is 2. The number of hydrogen-bond donors (Lipinski definition) is 2. The molecule has 0 aromatic heterocycles. The van der Waals surface area contributed by atoms with Gasteiger partial charge in [-0.3, -0.25) is 0 Å². The molecule has 0 bridgehead atoms. The summed E-state index contributed by atoms with van der Waals surface area (Å²) in [5, 5.41) is 28.1. The Morgan fingerprint density at radius 1 is 0.946 bits per heavy atom. The van der Waals surface area contributed by atoms with Crippen LogP contribution in [0.5, 0.6) is 0 Å². The standard InChI is InChI=1S/C30H53N3O4/c1-27-13-14-29(34,36-19-18-33-15-5-6-16-33)21-23(27)7-8-26-25(27)10-11-28(2)24(9-12-30(26,28)35)22-31-37-20-17-32(3)4/h22-26,34-35H,5-21H2,1-4H3/b31-22+/t23?,24?,25-,26-,27+,28-,29?,30-/m1/s1. The number of likely N-dealkylation sites (N-methyl/N-ethyl adjacent to an activating group) is 1. The average Bonchev–Trinajstić information content (AvgIpc) is 3.46. The van der Waals surface area contributed by atoms with Gasteiger partial charge in [0.05, 0.1) is 12.2 Å². The van der Waals surface area contributed by atoms with Crippen LogP contribution in [0.4, 0.5) is 0 Å². The number of oxime groups is 1. The number of hydrogen-bond acceptors (Lipinski definition) is 7. The fourth-order valence-corrected chi connectivity index (χ4v) is 9.35. The minimum absolute atomic E-state index is 0.139. The highest BCUT2D eigenvalue weighted by Gasteiger charge is 2.67. The number of rotatable bonds is 9. The fraction of sp³-hybridized carbons (Fsp3) is 0.967.